The smallest absolute Gasteiger partial charge is 0.276 e. The molecule has 0 saturated carbocycles. The van der Waals surface area contributed by atoms with E-state index < -0.39 is 10.2 Å². The number of nitrogens with one attached hydrogen (secondary N) is 3. The van der Waals surface area contributed by atoms with E-state index in [0.717, 1.165) is 32.7 Å². The Morgan fingerprint density at radius 3 is 2.53 bits per heavy atom. The van der Waals surface area contributed by atoms with Crippen molar-refractivity contribution in [3.63, 3.8) is 0 Å². The van der Waals surface area contributed by atoms with E-state index in [2.05, 4.69) is 19.7 Å². The van der Waals surface area contributed by atoms with Crippen LogP contribution in [0.3, 0.4) is 0 Å². The van der Waals surface area contributed by atoms with Crippen LogP contribution in [0.4, 0.5) is 0 Å². The molecule has 0 amide bonds. The molecule has 0 radical (unpaired) electrons. The first-order chi connectivity index (χ1) is 7.14. The van der Waals surface area contributed by atoms with Crippen molar-refractivity contribution in [2.75, 3.05) is 45.8 Å². The van der Waals surface area contributed by atoms with Crippen LogP contribution in [0.25, 0.3) is 0 Å². The van der Waals surface area contributed by atoms with Crippen LogP contribution in [0, 0.1) is 0 Å². The van der Waals surface area contributed by atoms with E-state index in [0.29, 0.717) is 13.1 Å². The van der Waals surface area contributed by atoms with Crippen molar-refractivity contribution in [2.24, 2.45) is 0 Å². The highest BCUT2D eigenvalue weighted by Crippen LogP contribution is 1.90. The molecular formula is C8H20N4O2S. The standard InChI is InChI=1S/C8H20N4O2S/c1-2-10-15(13,14)11-5-8-12-6-3-9-4-7-12/h9-11H,2-8H2,1H3. The van der Waals surface area contributed by atoms with Crippen LogP contribution in [0.15, 0.2) is 0 Å². The van der Waals surface area contributed by atoms with Gasteiger partial charge in [-0.1, -0.05) is 6.92 Å². The van der Waals surface area contributed by atoms with E-state index in [9.17, 15) is 8.42 Å². The molecule has 1 fully saturated rings. The highest BCUT2D eigenvalue weighted by atomic mass is 32.2. The van der Waals surface area contributed by atoms with Crippen molar-refractivity contribution >= 4 is 10.2 Å². The number of hydrogen-bond donors (Lipinski definition) is 3. The Morgan fingerprint density at radius 1 is 1.27 bits per heavy atom. The molecule has 1 saturated heterocycles. The van der Waals surface area contributed by atoms with Crippen LogP contribution in [0.5, 0.6) is 0 Å². The number of piperazine rings is 1. The maximum atomic E-state index is 11.2. The summed E-state index contributed by atoms with van der Waals surface area (Å²) < 4.78 is 27.3. The fourth-order valence-corrected chi connectivity index (χ4v) is 2.36. The third-order valence-electron chi connectivity index (χ3n) is 2.26. The molecule has 90 valence electrons. The Labute approximate surface area is 91.6 Å². The monoisotopic (exact) mass is 236 g/mol. The minimum Gasteiger partial charge on any atom is -0.314 e. The molecule has 1 aliphatic heterocycles. The molecule has 1 rings (SSSR count). The van der Waals surface area contributed by atoms with Gasteiger partial charge in [0, 0.05) is 45.8 Å². The van der Waals surface area contributed by atoms with Crippen molar-refractivity contribution in [1.82, 2.24) is 19.7 Å². The molecule has 3 N–H and O–H groups in total. The van der Waals surface area contributed by atoms with Gasteiger partial charge in [-0.2, -0.15) is 8.42 Å². The van der Waals surface area contributed by atoms with E-state index in [1.165, 1.54) is 0 Å². The molecule has 0 aliphatic carbocycles. The summed E-state index contributed by atoms with van der Waals surface area (Å²) >= 11 is 0. The van der Waals surface area contributed by atoms with Crippen molar-refractivity contribution in [3.8, 4) is 0 Å². The van der Waals surface area contributed by atoms with Crippen LogP contribution in [-0.4, -0.2) is 59.1 Å². The molecule has 15 heavy (non-hydrogen) atoms. The maximum Gasteiger partial charge on any atom is 0.276 e. The number of rotatable bonds is 6. The van der Waals surface area contributed by atoms with Crippen LogP contribution in [0.2, 0.25) is 0 Å². The Hall–Kier alpha value is -0.210. The van der Waals surface area contributed by atoms with Gasteiger partial charge in [-0.05, 0) is 0 Å². The van der Waals surface area contributed by atoms with E-state index in [1.54, 1.807) is 6.92 Å². The van der Waals surface area contributed by atoms with E-state index >= 15 is 0 Å². The normalized spacial score (nSPS) is 19.3. The molecule has 0 atom stereocenters. The molecule has 0 aromatic rings. The SMILES string of the molecule is CCNS(=O)(=O)NCCN1CCNCC1. The average Bonchev–Trinajstić information content (AvgIpc) is 2.19. The second kappa shape index (κ2) is 6.39. The van der Waals surface area contributed by atoms with Gasteiger partial charge in [0.15, 0.2) is 0 Å². The molecule has 1 heterocycles. The minimum absolute atomic E-state index is 0.420. The predicted molar refractivity (Wildman–Crippen MR) is 59.9 cm³/mol. The van der Waals surface area contributed by atoms with E-state index in [1.807, 2.05) is 0 Å². The average molecular weight is 236 g/mol. The second-order valence-corrected chi connectivity index (χ2v) is 5.07. The Morgan fingerprint density at radius 2 is 1.93 bits per heavy atom. The van der Waals surface area contributed by atoms with Crippen LogP contribution in [0.1, 0.15) is 6.92 Å². The summed E-state index contributed by atoms with van der Waals surface area (Å²) in [6.07, 6.45) is 0. The lowest BCUT2D eigenvalue weighted by atomic mass is 10.3. The molecule has 0 aromatic carbocycles. The Balaban J connectivity index is 2.14. The zero-order valence-electron chi connectivity index (χ0n) is 9.12. The van der Waals surface area contributed by atoms with Gasteiger partial charge in [-0.25, -0.2) is 9.44 Å². The third-order valence-corrected chi connectivity index (χ3v) is 3.52. The van der Waals surface area contributed by atoms with Crippen molar-refractivity contribution in [3.05, 3.63) is 0 Å². The largest absolute Gasteiger partial charge is 0.314 e. The summed E-state index contributed by atoms with van der Waals surface area (Å²) in [5.74, 6) is 0. The first kappa shape index (κ1) is 12.9. The first-order valence-electron chi connectivity index (χ1n) is 5.31. The molecule has 7 heteroatoms. The van der Waals surface area contributed by atoms with Gasteiger partial charge in [0.05, 0.1) is 0 Å². The summed E-state index contributed by atoms with van der Waals surface area (Å²) in [4.78, 5) is 2.24. The molecule has 0 aromatic heterocycles. The lowest BCUT2D eigenvalue weighted by molar-refractivity contribution is 0.245. The second-order valence-electron chi connectivity index (χ2n) is 3.49. The number of hydrogen-bond acceptors (Lipinski definition) is 4. The summed E-state index contributed by atoms with van der Waals surface area (Å²) in [6.45, 7) is 7.37. The first-order valence-corrected chi connectivity index (χ1v) is 6.79. The van der Waals surface area contributed by atoms with Crippen molar-refractivity contribution in [1.29, 1.82) is 0 Å². The van der Waals surface area contributed by atoms with Crippen LogP contribution < -0.4 is 14.8 Å². The predicted octanol–water partition coefficient (Wildman–Crippen LogP) is -1.66. The van der Waals surface area contributed by atoms with Gasteiger partial charge in [0.2, 0.25) is 0 Å². The quantitative estimate of drug-likeness (QED) is 0.516. The third kappa shape index (κ3) is 5.43. The Kier molecular flexibility index (Phi) is 5.48. The molecular weight excluding hydrogens is 216 g/mol. The van der Waals surface area contributed by atoms with Gasteiger partial charge >= 0.3 is 0 Å². The Bertz CT molecular complexity index is 262. The molecule has 0 bridgehead atoms. The van der Waals surface area contributed by atoms with E-state index in [4.69, 9.17) is 0 Å². The van der Waals surface area contributed by atoms with Gasteiger partial charge in [0.25, 0.3) is 10.2 Å². The summed E-state index contributed by atoms with van der Waals surface area (Å²) in [5.41, 5.74) is 0. The van der Waals surface area contributed by atoms with Crippen LogP contribution in [-0.2, 0) is 10.2 Å². The van der Waals surface area contributed by atoms with Gasteiger partial charge < -0.3 is 5.32 Å². The highest BCUT2D eigenvalue weighted by Gasteiger charge is 2.11. The molecule has 0 spiro atoms. The fourth-order valence-electron chi connectivity index (χ4n) is 1.51. The van der Waals surface area contributed by atoms with Gasteiger partial charge in [0.1, 0.15) is 0 Å². The van der Waals surface area contributed by atoms with Crippen LogP contribution >= 0.6 is 0 Å². The van der Waals surface area contributed by atoms with Crippen molar-refractivity contribution < 1.29 is 8.42 Å². The number of nitrogens with zero attached hydrogens (tertiary/aromatic N) is 1. The lowest BCUT2D eigenvalue weighted by Crippen LogP contribution is -2.47. The minimum atomic E-state index is -3.27. The highest BCUT2D eigenvalue weighted by molar-refractivity contribution is 7.87. The topological polar surface area (TPSA) is 73.5 Å². The zero-order chi connectivity index (χ0) is 11.1. The van der Waals surface area contributed by atoms with Gasteiger partial charge in [-0.3, -0.25) is 4.90 Å². The maximum absolute atomic E-state index is 11.2. The summed E-state index contributed by atoms with van der Waals surface area (Å²) in [7, 11) is -3.27. The lowest BCUT2D eigenvalue weighted by Gasteiger charge is -2.26. The molecule has 1 aliphatic rings. The zero-order valence-corrected chi connectivity index (χ0v) is 9.94. The molecule has 6 nitrogen and oxygen atoms in total. The van der Waals surface area contributed by atoms with Crippen molar-refractivity contribution in [2.45, 2.75) is 6.92 Å². The summed E-state index contributed by atoms with van der Waals surface area (Å²) in [5, 5.41) is 3.25. The van der Waals surface area contributed by atoms with E-state index in [-0.39, 0.29) is 0 Å². The molecule has 0 unspecified atom stereocenters. The fraction of sp³-hybridized carbons (Fsp3) is 1.00. The summed E-state index contributed by atoms with van der Waals surface area (Å²) in [6, 6.07) is 0. The van der Waals surface area contributed by atoms with Gasteiger partial charge in [-0.15, -0.1) is 0 Å².